The van der Waals surface area contributed by atoms with Crippen LogP contribution in [0.25, 0.3) is 11.4 Å². The maximum atomic E-state index is 10.5. The molecule has 0 aliphatic carbocycles. The minimum Gasteiger partial charge on any atom is -0.481 e. The minimum absolute atomic E-state index is 0.108. The van der Waals surface area contributed by atoms with Gasteiger partial charge in [0.1, 0.15) is 0 Å². The molecule has 2 rings (SSSR count). The predicted molar refractivity (Wildman–Crippen MR) is 84.4 cm³/mol. The zero-order valence-electron chi connectivity index (χ0n) is 9.38. The van der Waals surface area contributed by atoms with Gasteiger partial charge in [-0.1, -0.05) is 27.7 Å². The molecule has 0 saturated heterocycles. The Hall–Kier alpha value is -0.810. The summed E-state index contributed by atoms with van der Waals surface area (Å²) in [7, 11) is 0. The Bertz CT molecular complexity index is 634. The molecule has 0 atom stereocenters. The summed E-state index contributed by atoms with van der Waals surface area (Å²) in [5.41, 5.74) is 0.809. The van der Waals surface area contributed by atoms with E-state index in [0.717, 1.165) is 25.4 Å². The number of halogens is 2. The second kappa shape index (κ2) is 6.09. The number of rotatable bonds is 4. The number of aliphatic carboxylic acids is 1. The lowest BCUT2D eigenvalue weighted by atomic mass is 10.2. The van der Waals surface area contributed by atoms with Gasteiger partial charge >= 0.3 is 5.97 Å². The van der Waals surface area contributed by atoms with E-state index < -0.39 is 5.97 Å². The van der Waals surface area contributed by atoms with E-state index in [2.05, 4.69) is 48.7 Å². The highest BCUT2D eigenvalue weighted by molar-refractivity contribution is 14.1. The van der Waals surface area contributed by atoms with Crippen LogP contribution in [0.5, 0.6) is 0 Å². The lowest BCUT2D eigenvalue weighted by Gasteiger charge is -2.05. The Morgan fingerprint density at radius 1 is 1.53 bits per heavy atom. The van der Waals surface area contributed by atoms with Crippen molar-refractivity contribution >= 4 is 56.3 Å². The number of aromatic nitrogens is 3. The van der Waals surface area contributed by atoms with Crippen molar-refractivity contribution in [2.24, 2.45) is 0 Å². The van der Waals surface area contributed by atoms with Gasteiger partial charge in [-0.15, -0.1) is 10.2 Å². The number of nitrogens with zero attached hydrogens (tertiary/aromatic N) is 3. The van der Waals surface area contributed by atoms with Gasteiger partial charge in [0.15, 0.2) is 5.82 Å². The molecule has 0 aliphatic rings. The molecule has 0 spiro atoms. The van der Waals surface area contributed by atoms with Crippen molar-refractivity contribution in [3.63, 3.8) is 0 Å². The van der Waals surface area contributed by atoms with Crippen LogP contribution in [0.3, 0.4) is 0 Å². The monoisotopic (exact) mass is 454 g/mol. The molecule has 9 heteroatoms. The highest BCUT2D eigenvalue weighted by atomic mass is 127. The molecule has 100 valence electrons. The van der Waals surface area contributed by atoms with Crippen LogP contribution < -0.4 is 5.84 Å². The number of hydrogen-bond donors (Lipinski definition) is 2. The van der Waals surface area contributed by atoms with E-state index in [1.54, 1.807) is 0 Å². The van der Waals surface area contributed by atoms with Crippen LogP contribution in [0.4, 0.5) is 0 Å². The molecule has 2 aromatic rings. The van der Waals surface area contributed by atoms with Crippen molar-refractivity contribution in [3.8, 4) is 11.4 Å². The molecular formula is C10H8BrIN4O2S. The smallest absolute Gasteiger partial charge is 0.313 e. The van der Waals surface area contributed by atoms with E-state index in [-0.39, 0.29) is 5.75 Å². The average Bonchev–Trinajstić information content (AvgIpc) is 2.71. The van der Waals surface area contributed by atoms with E-state index in [1.807, 2.05) is 18.2 Å². The number of carbonyl (C=O) groups is 1. The summed E-state index contributed by atoms with van der Waals surface area (Å²) in [6.45, 7) is 0. The van der Waals surface area contributed by atoms with E-state index in [1.165, 1.54) is 4.68 Å². The first kappa shape index (κ1) is 14.6. The molecule has 0 bridgehead atoms. The topological polar surface area (TPSA) is 94.0 Å². The number of nitrogen functional groups attached to an aromatic ring is 1. The van der Waals surface area contributed by atoms with Crippen LogP contribution in [-0.4, -0.2) is 31.7 Å². The number of nitrogens with two attached hydrogens (primary N) is 1. The lowest BCUT2D eigenvalue weighted by molar-refractivity contribution is -0.133. The summed E-state index contributed by atoms with van der Waals surface area (Å²) in [6.07, 6.45) is 0. The Labute approximate surface area is 135 Å². The maximum absolute atomic E-state index is 10.5. The zero-order chi connectivity index (χ0) is 14.0. The van der Waals surface area contributed by atoms with Gasteiger partial charge in [0.2, 0.25) is 5.16 Å². The zero-order valence-corrected chi connectivity index (χ0v) is 13.9. The molecule has 1 heterocycles. The quantitative estimate of drug-likeness (QED) is 0.418. The van der Waals surface area contributed by atoms with E-state index in [4.69, 9.17) is 10.9 Å². The van der Waals surface area contributed by atoms with Crippen molar-refractivity contribution in [2.45, 2.75) is 5.16 Å². The van der Waals surface area contributed by atoms with Gasteiger partial charge in [-0.05, 0) is 40.8 Å². The normalized spacial score (nSPS) is 10.6. The maximum Gasteiger partial charge on any atom is 0.313 e. The van der Waals surface area contributed by atoms with Crippen LogP contribution in [0.15, 0.2) is 27.8 Å². The summed E-state index contributed by atoms with van der Waals surface area (Å²) in [4.78, 5) is 10.5. The third kappa shape index (κ3) is 3.39. The van der Waals surface area contributed by atoms with Crippen molar-refractivity contribution < 1.29 is 9.90 Å². The van der Waals surface area contributed by atoms with Crippen molar-refractivity contribution in [2.75, 3.05) is 11.6 Å². The molecule has 0 saturated carbocycles. The van der Waals surface area contributed by atoms with Crippen LogP contribution >= 0.6 is 50.3 Å². The Balaban J connectivity index is 2.36. The third-order valence-electron chi connectivity index (χ3n) is 2.16. The first-order chi connectivity index (χ1) is 8.99. The van der Waals surface area contributed by atoms with Gasteiger partial charge in [-0.25, -0.2) is 4.68 Å². The molecule has 3 N–H and O–H groups in total. The van der Waals surface area contributed by atoms with Gasteiger partial charge in [-0.2, -0.15) is 0 Å². The second-order valence-corrected chi connectivity index (χ2v) is 6.53. The molecule has 1 aromatic heterocycles. The number of carboxylic acid groups (broad SMARTS) is 1. The largest absolute Gasteiger partial charge is 0.481 e. The van der Waals surface area contributed by atoms with Crippen molar-refractivity contribution in [1.29, 1.82) is 0 Å². The summed E-state index contributed by atoms with van der Waals surface area (Å²) in [5, 5.41) is 16.9. The van der Waals surface area contributed by atoms with Gasteiger partial charge in [0.25, 0.3) is 0 Å². The van der Waals surface area contributed by atoms with Crippen LogP contribution in [0.1, 0.15) is 0 Å². The molecule has 0 aliphatic heterocycles. The average molecular weight is 455 g/mol. The van der Waals surface area contributed by atoms with Crippen LogP contribution in [0, 0.1) is 3.57 Å². The minimum atomic E-state index is -0.926. The molecule has 0 fully saturated rings. The third-order valence-corrected chi connectivity index (χ3v) is 4.45. The van der Waals surface area contributed by atoms with Crippen molar-refractivity contribution in [3.05, 3.63) is 26.2 Å². The highest BCUT2D eigenvalue weighted by Crippen LogP contribution is 2.29. The van der Waals surface area contributed by atoms with E-state index in [0.29, 0.717) is 11.0 Å². The molecule has 0 radical (unpaired) electrons. The first-order valence-electron chi connectivity index (χ1n) is 4.99. The Kier molecular flexibility index (Phi) is 4.68. The molecule has 0 unspecified atom stereocenters. The van der Waals surface area contributed by atoms with E-state index in [9.17, 15) is 4.79 Å². The predicted octanol–water partition coefficient (Wildman–Crippen LogP) is 2.20. The molecule has 0 amide bonds. The van der Waals surface area contributed by atoms with Gasteiger partial charge in [0.05, 0.1) is 5.75 Å². The fraction of sp³-hybridized carbons (Fsp3) is 0.100. The molecule has 6 nitrogen and oxygen atoms in total. The number of thioether (sulfide) groups is 1. The molecule has 19 heavy (non-hydrogen) atoms. The molecular weight excluding hydrogens is 447 g/mol. The van der Waals surface area contributed by atoms with Gasteiger partial charge in [0, 0.05) is 13.6 Å². The second-order valence-electron chi connectivity index (χ2n) is 3.48. The summed E-state index contributed by atoms with van der Waals surface area (Å²) < 4.78 is 3.18. The fourth-order valence-corrected chi connectivity index (χ4v) is 2.85. The number of carboxylic acids is 1. The summed E-state index contributed by atoms with van der Waals surface area (Å²) >= 11 is 6.65. The van der Waals surface area contributed by atoms with Crippen molar-refractivity contribution in [1.82, 2.24) is 14.9 Å². The fourth-order valence-electron chi connectivity index (χ4n) is 1.35. The summed E-state index contributed by atoms with van der Waals surface area (Å²) in [6, 6.07) is 5.77. The molecule has 1 aromatic carbocycles. The lowest BCUT2D eigenvalue weighted by Crippen LogP contribution is -2.12. The Morgan fingerprint density at radius 3 is 2.95 bits per heavy atom. The van der Waals surface area contributed by atoms with Crippen LogP contribution in [-0.2, 0) is 4.79 Å². The highest BCUT2D eigenvalue weighted by Gasteiger charge is 2.15. The van der Waals surface area contributed by atoms with Gasteiger partial charge in [-0.3, -0.25) is 4.79 Å². The standard InChI is InChI=1S/C10H8BrIN4O2S/c11-7-2-1-5(12)3-6(7)9-14-15-10(16(9)13)19-4-8(17)18/h1-3H,4,13H2,(H,17,18). The Morgan fingerprint density at radius 2 is 2.26 bits per heavy atom. The number of hydrogen-bond acceptors (Lipinski definition) is 5. The van der Waals surface area contributed by atoms with E-state index >= 15 is 0 Å². The first-order valence-corrected chi connectivity index (χ1v) is 7.85. The SMILES string of the molecule is Nn1c(SCC(=O)O)nnc1-c1cc(I)ccc1Br. The number of benzene rings is 1. The van der Waals surface area contributed by atoms with Gasteiger partial charge < -0.3 is 10.9 Å². The summed E-state index contributed by atoms with van der Waals surface area (Å²) in [5.74, 6) is 5.35. The van der Waals surface area contributed by atoms with Crippen LogP contribution in [0.2, 0.25) is 0 Å².